The number of carbonyl (C=O) groups excluding carboxylic acids is 1. The lowest BCUT2D eigenvalue weighted by Gasteiger charge is -2.35. The van der Waals surface area contributed by atoms with Gasteiger partial charge >= 0.3 is 5.97 Å². The first-order chi connectivity index (χ1) is 15.4. The van der Waals surface area contributed by atoms with Gasteiger partial charge in [0, 0.05) is 24.3 Å². The van der Waals surface area contributed by atoms with Crippen molar-refractivity contribution < 1.29 is 17.9 Å². The fraction of sp³-hybridized carbons (Fsp3) is 0.240. The molecule has 1 aliphatic carbocycles. The second-order valence-corrected chi connectivity index (χ2v) is 11.1. The summed E-state index contributed by atoms with van der Waals surface area (Å²) < 4.78 is 34.2. The van der Waals surface area contributed by atoms with Gasteiger partial charge in [-0.15, -0.1) is 11.8 Å². The smallest absolute Gasteiger partial charge is 0.302 e. The molecule has 0 amide bonds. The first-order valence-electron chi connectivity index (χ1n) is 10.5. The number of ether oxygens (including phenoxy) is 1. The standard InChI is InChI=1S/C25H23NO4S2/c1-17(27)30-23-15-18-16-26(32(28,29)20-11-6-3-7-12-20)22-14-8-13-21(24(18)22)25(23)31-19-9-4-2-5-10-19/h2-14,18,23,25H,15-16H2,1H3. The lowest BCUT2D eigenvalue weighted by atomic mass is 9.82. The number of carbonyl (C=O) groups is 1. The van der Waals surface area contributed by atoms with Crippen molar-refractivity contribution in [3.8, 4) is 0 Å². The Morgan fingerprint density at radius 2 is 1.66 bits per heavy atom. The van der Waals surface area contributed by atoms with Gasteiger partial charge < -0.3 is 4.74 Å². The van der Waals surface area contributed by atoms with E-state index >= 15 is 0 Å². The molecule has 1 aliphatic heterocycles. The summed E-state index contributed by atoms with van der Waals surface area (Å²) in [6, 6.07) is 24.4. The Kier molecular flexibility index (Phi) is 5.47. The third-order valence-electron chi connectivity index (χ3n) is 6.00. The average molecular weight is 466 g/mol. The van der Waals surface area contributed by atoms with E-state index in [1.807, 2.05) is 48.5 Å². The van der Waals surface area contributed by atoms with Crippen LogP contribution >= 0.6 is 11.8 Å². The van der Waals surface area contributed by atoms with E-state index < -0.39 is 10.0 Å². The van der Waals surface area contributed by atoms with Gasteiger partial charge in [0.25, 0.3) is 10.0 Å². The lowest BCUT2D eigenvalue weighted by molar-refractivity contribution is -0.147. The fourth-order valence-corrected chi connectivity index (χ4v) is 7.53. The number of esters is 1. The van der Waals surface area contributed by atoms with Gasteiger partial charge in [0.15, 0.2) is 0 Å². The van der Waals surface area contributed by atoms with Gasteiger partial charge in [-0.3, -0.25) is 9.10 Å². The summed E-state index contributed by atoms with van der Waals surface area (Å²) in [6.07, 6.45) is 0.263. The van der Waals surface area contributed by atoms with E-state index in [9.17, 15) is 13.2 Å². The molecule has 0 aromatic heterocycles. The number of sulfonamides is 1. The quantitative estimate of drug-likeness (QED) is 0.488. The van der Waals surface area contributed by atoms with Crippen molar-refractivity contribution in [2.75, 3.05) is 10.8 Å². The molecular formula is C25H23NO4S2. The highest BCUT2D eigenvalue weighted by molar-refractivity contribution is 7.99. The van der Waals surface area contributed by atoms with Crippen molar-refractivity contribution >= 4 is 33.4 Å². The van der Waals surface area contributed by atoms with Crippen LogP contribution in [0.15, 0.2) is 88.7 Å². The molecule has 3 atom stereocenters. The van der Waals surface area contributed by atoms with Gasteiger partial charge in [-0.25, -0.2) is 8.42 Å². The third-order valence-corrected chi connectivity index (χ3v) is 9.15. The van der Waals surface area contributed by atoms with Crippen molar-refractivity contribution in [2.45, 2.75) is 40.4 Å². The monoisotopic (exact) mass is 465 g/mol. The van der Waals surface area contributed by atoms with Crippen LogP contribution in [0.3, 0.4) is 0 Å². The Hall–Kier alpha value is -2.77. The van der Waals surface area contributed by atoms with Crippen LogP contribution in [0.2, 0.25) is 0 Å². The minimum Gasteiger partial charge on any atom is -0.461 e. The largest absolute Gasteiger partial charge is 0.461 e. The van der Waals surface area contributed by atoms with Gasteiger partial charge in [-0.2, -0.15) is 0 Å². The number of anilines is 1. The van der Waals surface area contributed by atoms with Crippen molar-refractivity contribution in [2.24, 2.45) is 0 Å². The van der Waals surface area contributed by atoms with E-state index in [4.69, 9.17) is 4.74 Å². The lowest BCUT2D eigenvalue weighted by Crippen LogP contribution is -2.33. The highest BCUT2D eigenvalue weighted by Crippen LogP contribution is 2.54. The molecule has 0 bridgehead atoms. The van der Waals surface area contributed by atoms with Crippen LogP contribution in [-0.4, -0.2) is 27.0 Å². The highest BCUT2D eigenvalue weighted by Gasteiger charge is 2.46. The normalized spacial score (nSPS) is 21.8. The van der Waals surface area contributed by atoms with E-state index in [1.54, 1.807) is 42.1 Å². The first-order valence-corrected chi connectivity index (χ1v) is 12.9. The molecule has 5 rings (SSSR count). The third kappa shape index (κ3) is 3.69. The summed E-state index contributed by atoms with van der Waals surface area (Å²) in [5.41, 5.74) is 2.84. The van der Waals surface area contributed by atoms with Crippen LogP contribution in [0.4, 0.5) is 5.69 Å². The van der Waals surface area contributed by atoms with Crippen molar-refractivity contribution in [1.29, 1.82) is 0 Å². The maximum atomic E-state index is 13.5. The highest BCUT2D eigenvalue weighted by atomic mass is 32.2. The molecule has 0 N–H and O–H groups in total. The number of thioether (sulfide) groups is 1. The molecule has 3 aromatic rings. The minimum atomic E-state index is -3.68. The molecule has 5 nitrogen and oxygen atoms in total. The maximum absolute atomic E-state index is 13.5. The predicted molar refractivity (Wildman–Crippen MR) is 125 cm³/mol. The van der Waals surface area contributed by atoms with Crippen LogP contribution in [0.5, 0.6) is 0 Å². The van der Waals surface area contributed by atoms with E-state index in [0.717, 1.165) is 21.7 Å². The molecule has 0 radical (unpaired) electrons. The first kappa shape index (κ1) is 21.1. The maximum Gasteiger partial charge on any atom is 0.302 e. The predicted octanol–water partition coefficient (Wildman–Crippen LogP) is 5.15. The summed E-state index contributed by atoms with van der Waals surface area (Å²) in [7, 11) is -3.68. The molecular weight excluding hydrogens is 442 g/mol. The van der Waals surface area contributed by atoms with Crippen LogP contribution in [0.25, 0.3) is 0 Å². The van der Waals surface area contributed by atoms with Gasteiger partial charge in [-0.1, -0.05) is 48.5 Å². The number of nitrogens with zero attached hydrogens (tertiary/aromatic N) is 1. The molecule has 164 valence electrons. The van der Waals surface area contributed by atoms with E-state index in [2.05, 4.69) is 0 Å². The molecule has 3 unspecified atom stereocenters. The van der Waals surface area contributed by atoms with E-state index in [0.29, 0.717) is 13.0 Å². The van der Waals surface area contributed by atoms with Gasteiger partial charge in [0.1, 0.15) is 6.10 Å². The number of hydrogen-bond donors (Lipinski definition) is 0. The van der Waals surface area contributed by atoms with Crippen LogP contribution < -0.4 is 4.31 Å². The molecule has 0 spiro atoms. The molecule has 0 fully saturated rings. The minimum absolute atomic E-state index is 0.0170. The second-order valence-electron chi connectivity index (χ2n) is 8.06. The summed E-state index contributed by atoms with van der Waals surface area (Å²) in [5.74, 6) is -0.336. The van der Waals surface area contributed by atoms with Crippen molar-refractivity contribution in [1.82, 2.24) is 0 Å². The molecule has 0 saturated carbocycles. The van der Waals surface area contributed by atoms with Crippen LogP contribution in [-0.2, 0) is 19.6 Å². The Labute approximate surface area is 192 Å². The second kappa shape index (κ2) is 8.30. The summed E-state index contributed by atoms with van der Waals surface area (Å²) >= 11 is 1.66. The molecule has 0 saturated heterocycles. The number of benzene rings is 3. The van der Waals surface area contributed by atoms with Gasteiger partial charge in [-0.05, 0) is 47.9 Å². The molecule has 2 aliphatic rings. The van der Waals surface area contributed by atoms with Crippen LogP contribution in [0.1, 0.15) is 35.6 Å². The Balaban J connectivity index is 1.58. The zero-order valence-electron chi connectivity index (χ0n) is 17.5. The van der Waals surface area contributed by atoms with Gasteiger partial charge in [0.2, 0.25) is 0 Å². The van der Waals surface area contributed by atoms with Gasteiger partial charge in [0.05, 0.1) is 15.8 Å². The summed E-state index contributed by atoms with van der Waals surface area (Å²) in [5, 5.41) is -0.105. The topological polar surface area (TPSA) is 63.7 Å². The zero-order chi connectivity index (χ0) is 22.3. The average Bonchev–Trinajstić information content (AvgIpc) is 3.17. The molecule has 7 heteroatoms. The fourth-order valence-electron chi connectivity index (χ4n) is 4.72. The Morgan fingerprint density at radius 1 is 0.969 bits per heavy atom. The molecule has 32 heavy (non-hydrogen) atoms. The number of hydrogen-bond acceptors (Lipinski definition) is 5. The molecule has 1 heterocycles. The van der Waals surface area contributed by atoms with E-state index in [1.165, 1.54) is 11.2 Å². The zero-order valence-corrected chi connectivity index (χ0v) is 19.2. The van der Waals surface area contributed by atoms with Crippen LogP contribution in [0, 0.1) is 0 Å². The molecule has 3 aromatic carbocycles. The SMILES string of the molecule is CC(=O)OC1CC2CN(S(=O)(=O)c3ccccc3)c3cccc(c32)C1Sc1ccccc1. The summed E-state index contributed by atoms with van der Waals surface area (Å²) in [4.78, 5) is 13.3. The van der Waals surface area contributed by atoms with E-state index in [-0.39, 0.29) is 28.1 Å². The van der Waals surface area contributed by atoms with Crippen molar-refractivity contribution in [3.63, 3.8) is 0 Å². The Bertz CT molecular complexity index is 1250. The van der Waals surface area contributed by atoms with Crippen molar-refractivity contribution in [3.05, 3.63) is 90.0 Å². The summed E-state index contributed by atoms with van der Waals surface area (Å²) in [6.45, 7) is 1.78. The Morgan fingerprint density at radius 3 is 2.34 bits per heavy atom. The number of rotatable bonds is 5.